The van der Waals surface area contributed by atoms with Crippen LogP contribution in [0.2, 0.25) is 0 Å². The molecule has 0 bridgehead atoms. The molecule has 0 atom stereocenters. The Hall–Kier alpha value is -3.00. The van der Waals surface area contributed by atoms with Crippen LogP contribution >= 0.6 is 0 Å². The Balaban J connectivity index is 1.80. The van der Waals surface area contributed by atoms with E-state index in [0.29, 0.717) is 11.1 Å². The van der Waals surface area contributed by atoms with Crippen LogP contribution in [-0.4, -0.2) is 31.8 Å². The third-order valence-electron chi connectivity index (χ3n) is 4.46. The Kier molecular flexibility index (Phi) is 6.59. The van der Waals surface area contributed by atoms with Gasteiger partial charge < -0.3 is 9.47 Å². The number of rotatable bonds is 5. The van der Waals surface area contributed by atoms with E-state index in [1.54, 1.807) is 39.0 Å². The van der Waals surface area contributed by atoms with Crippen molar-refractivity contribution in [3.8, 4) is 0 Å². The van der Waals surface area contributed by atoms with Crippen molar-refractivity contribution in [3.05, 3.63) is 70.8 Å². The molecule has 0 unspecified atom stereocenters. The molecule has 0 saturated heterocycles. The molecule has 0 fully saturated rings. The molecule has 0 aliphatic carbocycles. The van der Waals surface area contributed by atoms with Crippen LogP contribution in [0.25, 0.3) is 0 Å². The van der Waals surface area contributed by atoms with E-state index in [2.05, 4.69) is 4.99 Å². The molecule has 0 aromatic heterocycles. The van der Waals surface area contributed by atoms with Gasteiger partial charge in [-0.05, 0) is 43.0 Å². The molecule has 0 spiro atoms. The summed E-state index contributed by atoms with van der Waals surface area (Å²) in [6, 6.07) is 14.3. The number of sulfone groups is 1. The van der Waals surface area contributed by atoms with Crippen LogP contribution in [0, 0.1) is 0 Å². The molecule has 3 rings (SSSR count). The molecular weight excluding hydrogens is 418 g/mol. The smallest absolute Gasteiger partial charge is 0.434 e. The van der Waals surface area contributed by atoms with Gasteiger partial charge in [0.2, 0.25) is 0 Å². The monoisotopic (exact) mass is 443 g/mol. The average Bonchev–Trinajstić information content (AvgIpc) is 2.98. The highest BCUT2D eigenvalue weighted by Crippen LogP contribution is 2.26. The Morgan fingerprint density at radius 2 is 1.65 bits per heavy atom. The molecule has 2 aromatic rings. The van der Waals surface area contributed by atoms with Gasteiger partial charge >= 0.3 is 12.1 Å². The molecular formula is C23H25NO6S. The largest absolute Gasteiger partial charge is 0.456 e. The highest BCUT2D eigenvalue weighted by atomic mass is 32.2. The first-order valence-electron chi connectivity index (χ1n) is 9.83. The summed E-state index contributed by atoms with van der Waals surface area (Å²) in [5, 5.41) is 0. The van der Waals surface area contributed by atoms with E-state index < -0.39 is 27.5 Å². The minimum absolute atomic E-state index is 0.0141. The van der Waals surface area contributed by atoms with Gasteiger partial charge in [0.1, 0.15) is 17.9 Å². The molecule has 2 aromatic carbocycles. The number of esters is 1. The zero-order chi connectivity index (χ0) is 22.6. The lowest BCUT2D eigenvalue weighted by Crippen LogP contribution is -2.26. The first-order chi connectivity index (χ1) is 14.5. The number of amides is 1. The number of hydrogen-bond donors (Lipinski definition) is 0. The van der Waals surface area contributed by atoms with Crippen LogP contribution in [0.15, 0.2) is 53.5 Å². The van der Waals surface area contributed by atoms with Crippen molar-refractivity contribution in [1.82, 2.24) is 0 Å². The number of carbonyl (C=O) groups excluding carboxylic acids is 2. The Morgan fingerprint density at radius 1 is 0.968 bits per heavy atom. The summed E-state index contributed by atoms with van der Waals surface area (Å²) in [6.45, 7) is 5.15. The lowest BCUT2D eigenvalue weighted by Gasteiger charge is -2.17. The molecule has 7 nitrogen and oxygen atoms in total. The van der Waals surface area contributed by atoms with E-state index >= 15 is 0 Å². The maximum Gasteiger partial charge on any atom is 0.434 e. The van der Waals surface area contributed by atoms with E-state index in [9.17, 15) is 18.0 Å². The molecule has 1 aliphatic rings. The van der Waals surface area contributed by atoms with Crippen molar-refractivity contribution in [2.75, 3.05) is 0 Å². The normalized spacial score (nSPS) is 15.3. The van der Waals surface area contributed by atoms with Crippen molar-refractivity contribution in [1.29, 1.82) is 0 Å². The third kappa shape index (κ3) is 6.75. The topological polar surface area (TPSA) is 99.1 Å². The Bertz CT molecular complexity index is 1110. The summed E-state index contributed by atoms with van der Waals surface area (Å²) in [4.78, 5) is 28.8. The fraction of sp³-hybridized carbons (Fsp3) is 0.348. The molecule has 164 valence electrons. The van der Waals surface area contributed by atoms with Crippen LogP contribution in [0.1, 0.15) is 43.0 Å². The quantitative estimate of drug-likeness (QED) is 0.515. The molecule has 0 saturated carbocycles. The van der Waals surface area contributed by atoms with Crippen LogP contribution in [0.5, 0.6) is 0 Å². The molecule has 31 heavy (non-hydrogen) atoms. The summed E-state index contributed by atoms with van der Waals surface area (Å²) in [5.41, 5.74) is 2.05. The van der Waals surface area contributed by atoms with E-state index in [4.69, 9.17) is 9.47 Å². The van der Waals surface area contributed by atoms with Gasteiger partial charge in [0, 0.05) is 6.42 Å². The van der Waals surface area contributed by atoms with Gasteiger partial charge in [-0.2, -0.15) is 4.99 Å². The number of ether oxygens (including phenoxy) is 2. The van der Waals surface area contributed by atoms with Crippen molar-refractivity contribution in [2.45, 2.75) is 50.9 Å². The average molecular weight is 444 g/mol. The van der Waals surface area contributed by atoms with E-state index in [1.165, 1.54) is 0 Å². The number of carbonyl (C=O) groups is 2. The second kappa shape index (κ2) is 9.01. The van der Waals surface area contributed by atoms with Crippen molar-refractivity contribution in [2.24, 2.45) is 4.99 Å². The summed E-state index contributed by atoms with van der Waals surface area (Å²) < 4.78 is 34.3. The second-order valence-electron chi connectivity index (χ2n) is 8.41. The van der Waals surface area contributed by atoms with E-state index in [0.717, 1.165) is 11.1 Å². The van der Waals surface area contributed by atoms with Gasteiger partial charge in [-0.25, -0.2) is 18.0 Å². The zero-order valence-corrected chi connectivity index (χ0v) is 18.6. The SMILES string of the molecule is CC(C)(C)OC(=O)N=C(Cc1ccc2c(c1)CS(=O)(=O)C2)C(=O)OCc1ccccc1. The van der Waals surface area contributed by atoms with Gasteiger partial charge in [0.25, 0.3) is 0 Å². The zero-order valence-electron chi connectivity index (χ0n) is 17.8. The molecule has 1 amide bonds. The fourth-order valence-corrected chi connectivity index (χ4v) is 4.74. The van der Waals surface area contributed by atoms with Gasteiger partial charge in [-0.1, -0.05) is 48.5 Å². The standard InChI is InChI=1S/C23H25NO6S/c1-23(2,3)30-22(26)24-20(21(25)29-13-16-7-5-4-6-8-16)12-17-9-10-18-14-31(27,28)15-19(18)11-17/h4-11H,12-15H2,1-3H3. The predicted octanol–water partition coefficient (Wildman–Crippen LogP) is 3.78. The first-order valence-corrected chi connectivity index (χ1v) is 11.7. The molecule has 1 heterocycles. The summed E-state index contributed by atoms with van der Waals surface area (Å²) in [6.07, 6.45) is -0.872. The van der Waals surface area contributed by atoms with Crippen molar-refractivity contribution >= 4 is 27.6 Å². The van der Waals surface area contributed by atoms with Crippen LogP contribution in [0.4, 0.5) is 4.79 Å². The van der Waals surface area contributed by atoms with Gasteiger partial charge in [-0.15, -0.1) is 0 Å². The van der Waals surface area contributed by atoms with Crippen LogP contribution in [-0.2, 0) is 48.6 Å². The second-order valence-corrected chi connectivity index (χ2v) is 10.5. The van der Waals surface area contributed by atoms with E-state index in [1.807, 2.05) is 30.3 Å². The minimum Gasteiger partial charge on any atom is -0.456 e. The third-order valence-corrected chi connectivity index (χ3v) is 5.96. The summed E-state index contributed by atoms with van der Waals surface area (Å²) in [5.74, 6) is -0.754. The highest BCUT2D eigenvalue weighted by Gasteiger charge is 2.26. The lowest BCUT2D eigenvalue weighted by atomic mass is 10.0. The van der Waals surface area contributed by atoms with Crippen LogP contribution < -0.4 is 0 Å². The summed E-state index contributed by atoms with van der Waals surface area (Å²) in [7, 11) is -3.14. The van der Waals surface area contributed by atoms with Crippen molar-refractivity contribution < 1.29 is 27.5 Å². The maximum atomic E-state index is 12.7. The Labute approximate surface area is 182 Å². The molecule has 0 N–H and O–H groups in total. The Morgan fingerprint density at radius 3 is 2.32 bits per heavy atom. The minimum atomic E-state index is -3.14. The highest BCUT2D eigenvalue weighted by molar-refractivity contribution is 7.90. The van der Waals surface area contributed by atoms with Crippen LogP contribution in [0.3, 0.4) is 0 Å². The fourth-order valence-electron chi connectivity index (χ4n) is 3.14. The predicted molar refractivity (Wildman–Crippen MR) is 116 cm³/mol. The number of nitrogens with zero attached hydrogens (tertiary/aromatic N) is 1. The van der Waals surface area contributed by atoms with E-state index in [-0.39, 0.29) is 30.2 Å². The molecule has 1 aliphatic heterocycles. The number of hydrogen-bond acceptors (Lipinski definition) is 6. The number of aliphatic imine (C=N–C) groups is 1. The number of benzene rings is 2. The first kappa shape index (κ1) is 22.7. The van der Waals surface area contributed by atoms with Gasteiger partial charge in [-0.3, -0.25) is 0 Å². The van der Waals surface area contributed by atoms with Crippen molar-refractivity contribution in [3.63, 3.8) is 0 Å². The van der Waals surface area contributed by atoms with Gasteiger partial charge in [0.05, 0.1) is 11.5 Å². The molecule has 8 heteroatoms. The lowest BCUT2D eigenvalue weighted by molar-refractivity contribution is -0.136. The summed E-state index contributed by atoms with van der Waals surface area (Å²) >= 11 is 0. The van der Waals surface area contributed by atoms with Gasteiger partial charge in [0.15, 0.2) is 9.84 Å². The number of fused-ring (bicyclic) bond motifs is 1. The maximum absolute atomic E-state index is 12.7. The molecule has 0 radical (unpaired) electrons.